The highest BCUT2D eigenvalue weighted by Crippen LogP contribution is 2.28. The van der Waals surface area contributed by atoms with Crippen LogP contribution in [-0.4, -0.2) is 71.4 Å². The Morgan fingerprint density at radius 2 is 1.97 bits per heavy atom. The summed E-state index contributed by atoms with van der Waals surface area (Å²) in [6.07, 6.45) is 4.61. The van der Waals surface area contributed by atoms with E-state index in [9.17, 15) is 19.8 Å². The topological polar surface area (TPSA) is 125 Å². The van der Waals surface area contributed by atoms with Crippen molar-refractivity contribution in [3.63, 3.8) is 0 Å². The van der Waals surface area contributed by atoms with Crippen molar-refractivity contribution >= 4 is 17.5 Å². The smallest absolute Gasteiger partial charge is 0.243 e. The Morgan fingerprint density at radius 1 is 1.20 bits per heavy atom. The van der Waals surface area contributed by atoms with Crippen molar-refractivity contribution in [2.45, 2.75) is 58.8 Å². The molecule has 0 radical (unpaired) electrons. The molecule has 1 aliphatic rings. The van der Waals surface area contributed by atoms with Gasteiger partial charge in [-0.2, -0.15) is 5.10 Å². The average Bonchev–Trinajstić information content (AvgIpc) is 3.60. The summed E-state index contributed by atoms with van der Waals surface area (Å²) in [6.45, 7) is 8.27. The highest BCUT2D eigenvalue weighted by molar-refractivity contribution is 5.89. The van der Waals surface area contributed by atoms with Gasteiger partial charge in [0.1, 0.15) is 11.7 Å². The van der Waals surface area contributed by atoms with Crippen molar-refractivity contribution in [3.8, 4) is 11.3 Å². The lowest BCUT2D eigenvalue weighted by Gasteiger charge is -2.29. The van der Waals surface area contributed by atoms with Gasteiger partial charge in [-0.1, -0.05) is 20.8 Å². The normalized spacial score (nSPS) is 19.9. The molecule has 2 amide bonds. The SMILES string of the molecule is CCn1nccc1-c1ccc(C(CO)NC(=O)C2CC(O)CN2C(=O)C(C)C(C)C)n2ccnc12. The van der Waals surface area contributed by atoms with Crippen molar-refractivity contribution in [2.75, 3.05) is 13.2 Å². The zero-order valence-electron chi connectivity index (χ0n) is 20.6. The largest absolute Gasteiger partial charge is 0.394 e. The molecular formula is C25H34N6O4. The van der Waals surface area contributed by atoms with Crippen LogP contribution in [0, 0.1) is 11.8 Å². The van der Waals surface area contributed by atoms with Crippen LogP contribution in [0.5, 0.6) is 0 Å². The number of fused-ring (bicyclic) bond motifs is 1. The molecule has 4 atom stereocenters. The highest BCUT2D eigenvalue weighted by atomic mass is 16.3. The first kappa shape index (κ1) is 24.9. The number of nitrogens with zero attached hydrogens (tertiary/aromatic N) is 5. The zero-order valence-corrected chi connectivity index (χ0v) is 20.6. The van der Waals surface area contributed by atoms with E-state index in [4.69, 9.17) is 0 Å². The summed E-state index contributed by atoms with van der Waals surface area (Å²) >= 11 is 0. The van der Waals surface area contributed by atoms with Gasteiger partial charge >= 0.3 is 0 Å². The van der Waals surface area contributed by atoms with Crippen LogP contribution in [0.25, 0.3) is 16.9 Å². The third-order valence-corrected chi connectivity index (χ3v) is 6.98. The summed E-state index contributed by atoms with van der Waals surface area (Å²) in [7, 11) is 0. The summed E-state index contributed by atoms with van der Waals surface area (Å²) in [5.74, 6) is -0.692. The van der Waals surface area contributed by atoms with Gasteiger partial charge in [0.25, 0.3) is 0 Å². The molecule has 0 saturated carbocycles. The molecule has 3 aromatic rings. The van der Waals surface area contributed by atoms with Crippen LogP contribution in [0.1, 0.15) is 45.9 Å². The Bertz CT molecular complexity index is 1200. The third kappa shape index (κ3) is 4.68. The Kier molecular flexibility index (Phi) is 7.23. The number of aryl methyl sites for hydroxylation is 1. The summed E-state index contributed by atoms with van der Waals surface area (Å²) in [6, 6.07) is 4.18. The molecule has 10 nitrogen and oxygen atoms in total. The molecule has 0 aliphatic carbocycles. The molecule has 0 spiro atoms. The highest BCUT2D eigenvalue weighted by Gasteiger charge is 2.41. The number of aliphatic hydroxyl groups excluding tert-OH is 2. The van der Waals surface area contributed by atoms with Gasteiger partial charge in [0.2, 0.25) is 11.8 Å². The number of aromatic nitrogens is 4. The minimum atomic E-state index is -0.788. The summed E-state index contributed by atoms with van der Waals surface area (Å²) < 4.78 is 3.72. The average molecular weight is 483 g/mol. The van der Waals surface area contributed by atoms with Gasteiger partial charge < -0.3 is 24.8 Å². The predicted octanol–water partition coefficient (Wildman–Crippen LogP) is 1.62. The fourth-order valence-corrected chi connectivity index (χ4v) is 4.67. The van der Waals surface area contributed by atoms with Crippen molar-refractivity contribution in [3.05, 3.63) is 42.5 Å². The number of imidazole rings is 1. The number of β-amino-alcohol motifs (C(OH)–C–C–N with tert-alkyl or cyclic N) is 1. The molecule has 1 aliphatic heterocycles. The van der Waals surface area contributed by atoms with Crippen molar-refractivity contribution in [2.24, 2.45) is 11.8 Å². The van der Waals surface area contributed by atoms with E-state index in [1.807, 2.05) is 55.0 Å². The van der Waals surface area contributed by atoms with Crippen molar-refractivity contribution in [1.29, 1.82) is 0 Å². The number of amides is 2. The number of pyridine rings is 1. The molecule has 0 aromatic carbocycles. The van der Waals surface area contributed by atoms with Crippen LogP contribution >= 0.6 is 0 Å². The molecular weight excluding hydrogens is 448 g/mol. The summed E-state index contributed by atoms with van der Waals surface area (Å²) in [5.41, 5.74) is 3.16. The summed E-state index contributed by atoms with van der Waals surface area (Å²) in [4.78, 5) is 32.2. The van der Waals surface area contributed by atoms with E-state index in [-0.39, 0.29) is 37.3 Å². The quantitative estimate of drug-likeness (QED) is 0.448. The monoisotopic (exact) mass is 482 g/mol. The molecule has 4 heterocycles. The molecule has 1 saturated heterocycles. The van der Waals surface area contributed by atoms with E-state index >= 15 is 0 Å². The molecule has 4 unspecified atom stereocenters. The van der Waals surface area contributed by atoms with E-state index in [1.165, 1.54) is 4.90 Å². The van der Waals surface area contributed by atoms with Crippen LogP contribution in [0.3, 0.4) is 0 Å². The number of hydrogen-bond donors (Lipinski definition) is 3. The number of likely N-dealkylation sites (tertiary alicyclic amines) is 1. The van der Waals surface area contributed by atoms with E-state index in [0.29, 0.717) is 17.9 Å². The predicted molar refractivity (Wildman–Crippen MR) is 130 cm³/mol. The number of hydrogen-bond acceptors (Lipinski definition) is 6. The maximum Gasteiger partial charge on any atom is 0.243 e. The van der Waals surface area contributed by atoms with E-state index < -0.39 is 24.1 Å². The second kappa shape index (κ2) is 10.2. The first-order valence-corrected chi connectivity index (χ1v) is 12.1. The maximum atomic E-state index is 13.3. The van der Waals surface area contributed by atoms with E-state index in [2.05, 4.69) is 15.4 Å². The molecule has 3 N–H and O–H groups in total. The lowest BCUT2D eigenvalue weighted by molar-refractivity contribution is -0.142. The van der Waals surface area contributed by atoms with Crippen LogP contribution in [0.2, 0.25) is 0 Å². The molecule has 10 heteroatoms. The van der Waals surface area contributed by atoms with E-state index in [1.54, 1.807) is 18.6 Å². The Balaban J connectivity index is 1.60. The number of aliphatic hydroxyl groups is 2. The van der Waals surface area contributed by atoms with Gasteiger partial charge in [-0.25, -0.2) is 4.98 Å². The molecule has 188 valence electrons. The number of carbonyl (C=O) groups is 2. The van der Waals surface area contributed by atoms with Crippen molar-refractivity contribution in [1.82, 2.24) is 29.4 Å². The molecule has 35 heavy (non-hydrogen) atoms. The zero-order chi connectivity index (χ0) is 25.3. The van der Waals surface area contributed by atoms with Gasteiger partial charge in [-0.3, -0.25) is 14.3 Å². The second-order valence-electron chi connectivity index (χ2n) is 9.50. The fraction of sp³-hybridized carbons (Fsp3) is 0.520. The third-order valence-electron chi connectivity index (χ3n) is 6.98. The van der Waals surface area contributed by atoms with Crippen molar-refractivity contribution < 1.29 is 19.8 Å². The van der Waals surface area contributed by atoms with Gasteiger partial charge in [-0.15, -0.1) is 0 Å². The van der Waals surface area contributed by atoms with Crippen LogP contribution in [-0.2, 0) is 16.1 Å². The van der Waals surface area contributed by atoms with Gasteiger partial charge in [0.15, 0.2) is 0 Å². The Hall–Kier alpha value is -3.24. The van der Waals surface area contributed by atoms with Crippen LogP contribution in [0.15, 0.2) is 36.8 Å². The lowest BCUT2D eigenvalue weighted by atomic mass is 9.96. The van der Waals surface area contributed by atoms with Gasteiger partial charge in [0.05, 0.1) is 24.4 Å². The number of nitrogens with one attached hydrogen (secondary N) is 1. The fourth-order valence-electron chi connectivity index (χ4n) is 4.67. The standard InChI is InChI=1S/C25H34N6O4/c1-5-31-20(8-9-27-31)18-6-7-21(29-11-10-26-23(18)29)19(14-32)28-24(34)22-12-17(33)13-30(22)25(35)16(4)15(2)3/h6-11,15-17,19,22,32-33H,5,12-14H2,1-4H3,(H,28,34). The molecule has 1 fully saturated rings. The minimum absolute atomic E-state index is 0.117. The number of rotatable bonds is 8. The molecule has 3 aromatic heterocycles. The molecule has 0 bridgehead atoms. The Labute approximate surface area is 204 Å². The van der Waals surface area contributed by atoms with Gasteiger partial charge in [-0.05, 0) is 31.0 Å². The summed E-state index contributed by atoms with van der Waals surface area (Å²) in [5, 5.41) is 27.7. The van der Waals surface area contributed by atoms with Gasteiger partial charge in [0, 0.05) is 55.3 Å². The first-order valence-electron chi connectivity index (χ1n) is 12.1. The lowest BCUT2D eigenvalue weighted by Crippen LogP contribution is -2.49. The maximum absolute atomic E-state index is 13.3. The van der Waals surface area contributed by atoms with Crippen LogP contribution in [0.4, 0.5) is 0 Å². The number of carbonyl (C=O) groups excluding carboxylic acids is 2. The second-order valence-corrected chi connectivity index (χ2v) is 9.50. The van der Waals surface area contributed by atoms with Crippen LogP contribution < -0.4 is 5.32 Å². The Morgan fingerprint density at radius 3 is 2.66 bits per heavy atom. The minimum Gasteiger partial charge on any atom is -0.394 e. The molecule has 4 rings (SSSR count). The first-order chi connectivity index (χ1) is 16.8. The van der Waals surface area contributed by atoms with E-state index in [0.717, 1.165) is 11.3 Å².